The molecule has 0 aliphatic carbocycles. The lowest BCUT2D eigenvalue weighted by atomic mass is 10.1. The second-order valence-electron chi connectivity index (χ2n) is 4.29. The van der Waals surface area contributed by atoms with Gasteiger partial charge >= 0.3 is 0 Å². The number of aromatic hydroxyl groups is 1. The van der Waals surface area contributed by atoms with Gasteiger partial charge in [0.2, 0.25) is 0 Å². The predicted octanol–water partition coefficient (Wildman–Crippen LogP) is 2.44. The van der Waals surface area contributed by atoms with E-state index in [0.29, 0.717) is 5.82 Å². The average Bonchev–Trinajstić information content (AvgIpc) is 2.38. The van der Waals surface area contributed by atoms with Crippen molar-refractivity contribution in [2.45, 2.75) is 19.9 Å². The Morgan fingerprint density at radius 3 is 2.44 bits per heavy atom. The zero-order chi connectivity index (χ0) is 13.1. The molecule has 1 unspecified atom stereocenters. The van der Waals surface area contributed by atoms with Gasteiger partial charge in [-0.1, -0.05) is 0 Å². The lowest BCUT2D eigenvalue weighted by Crippen LogP contribution is -2.14. The molecule has 0 amide bonds. The molecule has 0 aliphatic heterocycles. The Morgan fingerprint density at radius 2 is 1.89 bits per heavy atom. The Morgan fingerprint density at radius 1 is 1.22 bits per heavy atom. The van der Waals surface area contributed by atoms with Gasteiger partial charge in [-0.25, -0.2) is 9.97 Å². The van der Waals surface area contributed by atoms with Crippen LogP contribution in [0.5, 0.6) is 5.75 Å². The molecule has 0 spiro atoms. The summed E-state index contributed by atoms with van der Waals surface area (Å²) in [6.07, 6.45) is 1.85. The number of aromatic nitrogens is 2. The van der Waals surface area contributed by atoms with Crippen LogP contribution in [0.1, 0.15) is 24.2 Å². The molecule has 18 heavy (non-hydrogen) atoms. The van der Waals surface area contributed by atoms with Gasteiger partial charge < -0.3 is 10.4 Å². The van der Waals surface area contributed by atoms with E-state index in [1.54, 1.807) is 12.1 Å². The Hall–Kier alpha value is -1.94. The van der Waals surface area contributed by atoms with E-state index in [4.69, 9.17) is 0 Å². The zero-order valence-corrected chi connectivity index (χ0v) is 10.8. The Kier molecular flexibility index (Phi) is 3.58. The highest BCUT2D eigenvalue weighted by atomic mass is 16.3. The van der Waals surface area contributed by atoms with Crippen molar-refractivity contribution >= 4 is 0 Å². The van der Waals surface area contributed by atoms with Crippen molar-refractivity contribution < 1.29 is 5.11 Å². The minimum absolute atomic E-state index is 0.235. The maximum atomic E-state index is 9.26. The van der Waals surface area contributed by atoms with Crippen LogP contribution in [0.4, 0.5) is 0 Å². The molecule has 2 rings (SSSR count). The van der Waals surface area contributed by atoms with Gasteiger partial charge in [0.15, 0.2) is 5.82 Å². The molecule has 2 N–H and O–H groups in total. The van der Waals surface area contributed by atoms with Crippen molar-refractivity contribution in [3.63, 3.8) is 0 Å². The van der Waals surface area contributed by atoms with Crippen LogP contribution >= 0.6 is 0 Å². The summed E-state index contributed by atoms with van der Waals surface area (Å²) in [7, 11) is 1.91. The van der Waals surface area contributed by atoms with Crippen LogP contribution in [0.25, 0.3) is 11.4 Å². The van der Waals surface area contributed by atoms with E-state index in [-0.39, 0.29) is 11.8 Å². The molecule has 4 heteroatoms. The largest absolute Gasteiger partial charge is 0.508 e. The molecule has 0 fully saturated rings. The number of rotatable bonds is 3. The minimum Gasteiger partial charge on any atom is -0.508 e. The van der Waals surface area contributed by atoms with E-state index < -0.39 is 0 Å². The summed E-state index contributed by atoms with van der Waals surface area (Å²) in [5.74, 6) is 0.926. The molecular weight excluding hydrogens is 226 g/mol. The lowest BCUT2D eigenvalue weighted by Gasteiger charge is -2.13. The van der Waals surface area contributed by atoms with Crippen LogP contribution in [0, 0.1) is 6.92 Å². The van der Waals surface area contributed by atoms with Crippen molar-refractivity contribution in [1.29, 1.82) is 0 Å². The summed E-state index contributed by atoms with van der Waals surface area (Å²) in [5, 5.41) is 12.4. The quantitative estimate of drug-likeness (QED) is 0.869. The van der Waals surface area contributed by atoms with Gasteiger partial charge in [-0.3, -0.25) is 0 Å². The van der Waals surface area contributed by atoms with Crippen LogP contribution in [0.3, 0.4) is 0 Å². The number of hydrogen-bond acceptors (Lipinski definition) is 4. The Labute approximate surface area is 107 Å². The van der Waals surface area contributed by atoms with Crippen molar-refractivity contribution in [2.75, 3.05) is 7.05 Å². The van der Waals surface area contributed by atoms with Gasteiger partial charge in [0, 0.05) is 29.1 Å². The molecule has 0 saturated carbocycles. The molecule has 1 atom stereocenters. The summed E-state index contributed by atoms with van der Waals surface area (Å²) >= 11 is 0. The average molecular weight is 243 g/mol. The van der Waals surface area contributed by atoms with E-state index in [1.807, 2.05) is 32.3 Å². The summed E-state index contributed by atoms with van der Waals surface area (Å²) in [6.45, 7) is 4.06. The van der Waals surface area contributed by atoms with Gasteiger partial charge in [0.05, 0.1) is 0 Å². The maximum Gasteiger partial charge on any atom is 0.159 e. The molecule has 0 aliphatic rings. The molecule has 94 valence electrons. The van der Waals surface area contributed by atoms with Crippen molar-refractivity contribution in [3.05, 3.63) is 41.7 Å². The highest BCUT2D eigenvalue weighted by molar-refractivity contribution is 5.56. The minimum atomic E-state index is 0.235. The zero-order valence-electron chi connectivity index (χ0n) is 10.8. The number of nitrogens with zero attached hydrogens (tertiary/aromatic N) is 2. The third-order valence-corrected chi connectivity index (χ3v) is 3.04. The van der Waals surface area contributed by atoms with Gasteiger partial charge in [0.1, 0.15) is 5.75 Å². The van der Waals surface area contributed by atoms with Crippen LogP contribution < -0.4 is 5.32 Å². The van der Waals surface area contributed by atoms with E-state index in [2.05, 4.69) is 22.2 Å². The fraction of sp³-hybridized carbons (Fsp3) is 0.286. The fourth-order valence-corrected chi connectivity index (χ4v) is 1.81. The number of aryl methyl sites for hydroxylation is 1. The van der Waals surface area contributed by atoms with Crippen LogP contribution in [0.15, 0.2) is 30.5 Å². The standard InChI is InChI=1S/C14H17N3O/c1-9(15-3)13-8-16-14(17-10(13)2)11-4-6-12(18)7-5-11/h4-9,15,18H,1-3H3. The van der Waals surface area contributed by atoms with Gasteiger partial charge in [-0.2, -0.15) is 0 Å². The molecular formula is C14H17N3O. The molecule has 1 aromatic carbocycles. The second-order valence-corrected chi connectivity index (χ2v) is 4.29. The first kappa shape index (κ1) is 12.5. The fourth-order valence-electron chi connectivity index (χ4n) is 1.81. The predicted molar refractivity (Wildman–Crippen MR) is 71.3 cm³/mol. The molecule has 2 aromatic rings. The first-order chi connectivity index (χ1) is 8.61. The van der Waals surface area contributed by atoms with E-state index in [1.165, 1.54) is 0 Å². The van der Waals surface area contributed by atoms with Crippen LogP contribution in [-0.2, 0) is 0 Å². The van der Waals surface area contributed by atoms with Crippen molar-refractivity contribution in [3.8, 4) is 17.1 Å². The van der Waals surface area contributed by atoms with Gasteiger partial charge in [-0.15, -0.1) is 0 Å². The molecule has 0 radical (unpaired) electrons. The number of phenols is 1. The third-order valence-electron chi connectivity index (χ3n) is 3.04. The lowest BCUT2D eigenvalue weighted by molar-refractivity contribution is 0.475. The molecule has 0 bridgehead atoms. The first-order valence-corrected chi connectivity index (χ1v) is 5.92. The highest BCUT2D eigenvalue weighted by Crippen LogP contribution is 2.21. The Bertz CT molecular complexity index is 537. The van der Waals surface area contributed by atoms with Crippen LogP contribution in [-0.4, -0.2) is 22.1 Å². The highest BCUT2D eigenvalue weighted by Gasteiger charge is 2.10. The molecule has 1 heterocycles. The summed E-state index contributed by atoms with van der Waals surface area (Å²) < 4.78 is 0. The number of hydrogen-bond donors (Lipinski definition) is 2. The Balaban J connectivity index is 2.37. The maximum absolute atomic E-state index is 9.26. The third kappa shape index (κ3) is 2.49. The number of benzene rings is 1. The van der Waals surface area contributed by atoms with E-state index >= 15 is 0 Å². The van der Waals surface area contributed by atoms with E-state index in [9.17, 15) is 5.11 Å². The number of nitrogens with one attached hydrogen (secondary N) is 1. The van der Waals surface area contributed by atoms with Crippen molar-refractivity contribution in [2.24, 2.45) is 0 Å². The summed E-state index contributed by atoms with van der Waals surface area (Å²) in [4.78, 5) is 8.89. The van der Waals surface area contributed by atoms with Gasteiger partial charge in [-0.05, 0) is 45.2 Å². The monoisotopic (exact) mass is 243 g/mol. The van der Waals surface area contributed by atoms with Gasteiger partial charge in [0.25, 0.3) is 0 Å². The first-order valence-electron chi connectivity index (χ1n) is 5.92. The normalized spacial score (nSPS) is 12.4. The summed E-state index contributed by atoms with van der Waals surface area (Å²) in [6, 6.07) is 7.13. The van der Waals surface area contributed by atoms with Crippen molar-refractivity contribution in [1.82, 2.24) is 15.3 Å². The SMILES string of the molecule is CNC(C)c1cnc(-c2ccc(O)cc2)nc1C. The number of phenolic OH excluding ortho intramolecular Hbond substituents is 1. The molecule has 0 saturated heterocycles. The van der Waals surface area contributed by atoms with E-state index in [0.717, 1.165) is 16.8 Å². The molecule has 1 aromatic heterocycles. The topological polar surface area (TPSA) is 58.0 Å². The smallest absolute Gasteiger partial charge is 0.159 e. The molecule has 4 nitrogen and oxygen atoms in total. The second kappa shape index (κ2) is 5.14. The van der Waals surface area contributed by atoms with Crippen LogP contribution in [0.2, 0.25) is 0 Å². The summed E-state index contributed by atoms with van der Waals surface area (Å²) in [5.41, 5.74) is 2.97.